The topological polar surface area (TPSA) is 119 Å². The molecule has 0 saturated carbocycles. The molecular weight excluding hydrogens is 416 g/mol. The minimum Gasteiger partial charge on any atom is -0.379 e. The molecule has 1 aromatic heterocycles. The van der Waals surface area contributed by atoms with Crippen LogP contribution in [-0.4, -0.2) is 70.4 Å². The SMILES string of the molecule is CC(C)n1nnnc1S[C@H](C)C(=O)Nc1ccc(S(=O)(=O)N2CCOCC2)cc1. The average Bonchev–Trinajstić information content (AvgIpc) is 3.17. The molecule has 2 heterocycles. The first-order valence-electron chi connectivity index (χ1n) is 9.22. The van der Waals surface area contributed by atoms with E-state index in [9.17, 15) is 13.2 Å². The number of nitrogens with one attached hydrogen (secondary N) is 1. The number of carbonyl (C=O) groups excluding carboxylic acids is 1. The first-order chi connectivity index (χ1) is 13.8. The van der Waals surface area contributed by atoms with Gasteiger partial charge in [0.05, 0.1) is 29.4 Å². The lowest BCUT2D eigenvalue weighted by Gasteiger charge is -2.26. The highest BCUT2D eigenvalue weighted by Crippen LogP contribution is 2.24. The summed E-state index contributed by atoms with van der Waals surface area (Å²) >= 11 is 1.26. The lowest BCUT2D eigenvalue weighted by Crippen LogP contribution is -2.40. The summed E-state index contributed by atoms with van der Waals surface area (Å²) < 4.78 is 33.6. The van der Waals surface area contributed by atoms with Crippen molar-refractivity contribution in [3.8, 4) is 0 Å². The summed E-state index contributed by atoms with van der Waals surface area (Å²) in [6.07, 6.45) is 0. The zero-order chi connectivity index (χ0) is 21.0. The number of hydrogen-bond acceptors (Lipinski definition) is 8. The summed E-state index contributed by atoms with van der Waals surface area (Å²) in [5.41, 5.74) is 0.520. The molecule has 3 rings (SSSR count). The minimum absolute atomic E-state index is 0.0868. The van der Waals surface area contributed by atoms with Crippen LogP contribution in [0.25, 0.3) is 0 Å². The van der Waals surface area contributed by atoms with Gasteiger partial charge in [0.15, 0.2) is 0 Å². The van der Waals surface area contributed by atoms with Crippen LogP contribution in [0.2, 0.25) is 0 Å². The van der Waals surface area contributed by atoms with Gasteiger partial charge in [-0.3, -0.25) is 4.79 Å². The number of hydrogen-bond donors (Lipinski definition) is 1. The van der Waals surface area contributed by atoms with E-state index in [1.165, 1.54) is 28.2 Å². The average molecular weight is 441 g/mol. The maximum absolute atomic E-state index is 12.7. The molecule has 29 heavy (non-hydrogen) atoms. The molecule has 0 radical (unpaired) electrons. The molecule has 0 spiro atoms. The smallest absolute Gasteiger partial charge is 0.243 e. The number of nitrogens with zero attached hydrogens (tertiary/aromatic N) is 5. The Balaban J connectivity index is 1.63. The van der Waals surface area contributed by atoms with Crippen LogP contribution >= 0.6 is 11.8 Å². The van der Waals surface area contributed by atoms with Crippen LogP contribution in [0.3, 0.4) is 0 Å². The van der Waals surface area contributed by atoms with Gasteiger partial charge in [-0.15, -0.1) is 5.10 Å². The molecule has 10 nitrogen and oxygen atoms in total. The summed E-state index contributed by atoms with van der Waals surface area (Å²) in [4.78, 5) is 12.7. The van der Waals surface area contributed by atoms with Gasteiger partial charge in [0.25, 0.3) is 0 Å². The molecular formula is C17H24N6O4S2. The summed E-state index contributed by atoms with van der Waals surface area (Å²) in [6.45, 7) is 7.13. The van der Waals surface area contributed by atoms with Crippen LogP contribution in [0.1, 0.15) is 26.8 Å². The van der Waals surface area contributed by atoms with Crippen LogP contribution in [0.4, 0.5) is 5.69 Å². The van der Waals surface area contributed by atoms with Gasteiger partial charge in [0, 0.05) is 18.8 Å². The fourth-order valence-electron chi connectivity index (χ4n) is 2.69. The van der Waals surface area contributed by atoms with E-state index in [1.807, 2.05) is 13.8 Å². The van der Waals surface area contributed by atoms with Crippen molar-refractivity contribution in [2.45, 2.75) is 42.1 Å². The van der Waals surface area contributed by atoms with E-state index in [2.05, 4.69) is 20.8 Å². The largest absolute Gasteiger partial charge is 0.379 e. The molecule has 1 N–H and O–H groups in total. The van der Waals surface area contributed by atoms with Crippen LogP contribution in [0.15, 0.2) is 34.3 Å². The van der Waals surface area contributed by atoms with Crippen molar-refractivity contribution in [2.24, 2.45) is 0 Å². The molecule has 158 valence electrons. The summed E-state index contributed by atoms with van der Waals surface area (Å²) in [5, 5.41) is 14.4. The molecule has 1 saturated heterocycles. The van der Waals surface area contributed by atoms with E-state index >= 15 is 0 Å². The fourth-order valence-corrected chi connectivity index (χ4v) is 5.02. The van der Waals surface area contributed by atoms with Crippen molar-refractivity contribution in [3.63, 3.8) is 0 Å². The molecule has 0 aliphatic carbocycles. The van der Waals surface area contributed by atoms with Gasteiger partial charge in [-0.2, -0.15) is 4.31 Å². The standard InChI is InChI=1S/C17H24N6O4S2/c1-12(2)23-17(19-20-21-23)28-13(3)16(24)18-14-4-6-15(7-5-14)29(25,26)22-8-10-27-11-9-22/h4-7,12-13H,8-11H2,1-3H3,(H,18,24)/t13-/m1/s1. The highest BCUT2D eigenvalue weighted by Gasteiger charge is 2.26. The van der Waals surface area contributed by atoms with E-state index < -0.39 is 15.3 Å². The Morgan fingerprint density at radius 3 is 2.45 bits per heavy atom. The quantitative estimate of drug-likeness (QED) is 0.642. The number of tetrazole rings is 1. The van der Waals surface area contributed by atoms with Gasteiger partial charge in [-0.05, 0) is 55.5 Å². The number of morpholine rings is 1. The number of aromatic nitrogens is 4. The maximum atomic E-state index is 12.7. The van der Waals surface area contributed by atoms with Crippen LogP contribution in [-0.2, 0) is 19.6 Å². The number of anilines is 1. The summed E-state index contributed by atoms with van der Waals surface area (Å²) in [7, 11) is -3.56. The highest BCUT2D eigenvalue weighted by molar-refractivity contribution is 8.00. The van der Waals surface area contributed by atoms with Crippen molar-refractivity contribution in [3.05, 3.63) is 24.3 Å². The van der Waals surface area contributed by atoms with E-state index in [0.29, 0.717) is 37.1 Å². The molecule has 1 aliphatic heterocycles. The van der Waals surface area contributed by atoms with Crippen molar-refractivity contribution in [1.82, 2.24) is 24.5 Å². The molecule has 1 aromatic carbocycles. The van der Waals surface area contributed by atoms with Crippen molar-refractivity contribution in [1.29, 1.82) is 0 Å². The van der Waals surface area contributed by atoms with Crippen molar-refractivity contribution < 1.29 is 17.9 Å². The third-order valence-corrected chi connectivity index (χ3v) is 7.29. The lowest BCUT2D eigenvalue weighted by molar-refractivity contribution is -0.115. The Labute approximate surface area is 174 Å². The monoisotopic (exact) mass is 440 g/mol. The van der Waals surface area contributed by atoms with Gasteiger partial charge in [-0.1, -0.05) is 11.8 Å². The van der Waals surface area contributed by atoms with E-state index in [-0.39, 0.29) is 16.8 Å². The number of sulfonamides is 1. The number of benzene rings is 1. The van der Waals surface area contributed by atoms with Gasteiger partial charge >= 0.3 is 0 Å². The Hall–Kier alpha value is -2.02. The number of rotatable bonds is 7. The van der Waals surface area contributed by atoms with Gasteiger partial charge in [-0.25, -0.2) is 13.1 Å². The van der Waals surface area contributed by atoms with Crippen LogP contribution in [0.5, 0.6) is 0 Å². The second-order valence-corrected chi connectivity index (χ2v) is 10.0. The van der Waals surface area contributed by atoms with E-state index in [4.69, 9.17) is 4.74 Å². The Morgan fingerprint density at radius 1 is 1.17 bits per heavy atom. The fraction of sp³-hybridized carbons (Fsp3) is 0.529. The minimum atomic E-state index is -3.56. The third-order valence-electron chi connectivity index (χ3n) is 4.33. The predicted octanol–water partition coefficient (Wildman–Crippen LogP) is 1.39. The zero-order valence-electron chi connectivity index (χ0n) is 16.5. The summed E-state index contributed by atoms with van der Waals surface area (Å²) in [5.74, 6) is -0.225. The predicted molar refractivity (Wildman–Crippen MR) is 108 cm³/mol. The first-order valence-corrected chi connectivity index (χ1v) is 11.5. The Morgan fingerprint density at radius 2 is 1.83 bits per heavy atom. The van der Waals surface area contributed by atoms with Crippen LogP contribution in [0, 0.1) is 0 Å². The normalized spacial score (nSPS) is 16.7. The molecule has 1 aliphatic rings. The molecule has 1 fully saturated rings. The second kappa shape index (κ2) is 9.20. The number of amides is 1. The first kappa shape index (κ1) is 21.7. The molecule has 12 heteroatoms. The van der Waals surface area contributed by atoms with Gasteiger partial charge < -0.3 is 10.1 Å². The Kier molecular flexibility index (Phi) is 6.88. The van der Waals surface area contributed by atoms with Gasteiger partial charge in [0.2, 0.25) is 21.1 Å². The maximum Gasteiger partial charge on any atom is 0.243 e. The highest BCUT2D eigenvalue weighted by atomic mass is 32.2. The second-order valence-electron chi connectivity index (χ2n) is 6.79. The lowest BCUT2D eigenvalue weighted by atomic mass is 10.3. The van der Waals surface area contributed by atoms with E-state index in [0.717, 1.165) is 0 Å². The third kappa shape index (κ3) is 5.13. The van der Waals surface area contributed by atoms with E-state index in [1.54, 1.807) is 23.7 Å². The molecule has 0 bridgehead atoms. The molecule has 1 amide bonds. The zero-order valence-corrected chi connectivity index (χ0v) is 18.1. The van der Waals surface area contributed by atoms with Crippen LogP contribution < -0.4 is 5.32 Å². The summed E-state index contributed by atoms with van der Waals surface area (Å²) in [6, 6.07) is 6.25. The molecule has 0 unspecified atom stereocenters. The number of ether oxygens (including phenoxy) is 1. The molecule has 1 atom stereocenters. The van der Waals surface area contributed by atoms with Gasteiger partial charge in [0.1, 0.15) is 0 Å². The number of thioether (sulfide) groups is 1. The molecule has 2 aromatic rings. The van der Waals surface area contributed by atoms with Crippen molar-refractivity contribution >= 4 is 33.4 Å². The Bertz CT molecular complexity index is 939. The van der Waals surface area contributed by atoms with Crippen molar-refractivity contribution in [2.75, 3.05) is 31.6 Å². The number of carbonyl (C=O) groups is 1.